The topological polar surface area (TPSA) is 524 Å². The number of aliphatic hydroxyl groups excluding tert-OH is 2. The van der Waals surface area contributed by atoms with E-state index in [0.29, 0.717) is 29.7 Å². The molecule has 4 fully saturated rings. The molecule has 4 aliphatic heterocycles. The molecule has 33 heteroatoms. The van der Waals surface area contributed by atoms with Gasteiger partial charge in [-0.05, 0) is 99.1 Å². The van der Waals surface area contributed by atoms with E-state index in [1.807, 2.05) is 6.07 Å². The molecular formula is C59H89N19O13S. The summed E-state index contributed by atoms with van der Waals surface area (Å²) in [6.07, 6.45) is 3.42. The summed E-state index contributed by atoms with van der Waals surface area (Å²) in [5.74, 6) is -8.33. The van der Waals surface area contributed by atoms with Crippen LogP contribution in [0.15, 0.2) is 56.8 Å². The number of aliphatic carboxylic acids is 1. The molecule has 1 aliphatic carbocycles. The van der Waals surface area contributed by atoms with Gasteiger partial charge in [-0.1, -0.05) is 43.2 Å². The fourth-order valence-corrected chi connectivity index (χ4v) is 13.6. The Morgan fingerprint density at radius 2 is 1.25 bits per heavy atom. The third-order valence-corrected chi connectivity index (χ3v) is 18.3. The first-order valence-electron chi connectivity index (χ1n) is 31.2. The first-order valence-corrected chi connectivity index (χ1v) is 32.1. The van der Waals surface area contributed by atoms with Gasteiger partial charge in [0.25, 0.3) is 0 Å². The number of nitrogens with zero attached hydrogens (tertiary/aromatic N) is 7. The molecule has 92 heavy (non-hydrogen) atoms. The molecule has 7 rings (SSSR count). The summed E-state index contributed by atoms with van der Waals surface area (Å²) in [4.78, 5) is 159. The number of aliphatic imine (C=N–C) groups is 3. The summed E-state index contributed by atoms with van der Waals surface area (Å²) < 4.78 is 0. The number of benzene rings is 1. The van der Waals surface area contributed by atoms with Gasteiger partial charge in [0, 0.05) is 69.4 Å². The van der Waals surface area contributed by atoms with Crippen LogP contribution in [0.1, 0.15) is 106 Å². The molecule has 9 amide bonds. The second-order valence-electron chi connectivity index (χ2n) is 23.9. The van der Waals surface area contributed by atoms with Crippen molar-refractivity contribution in [2.75, 3.05) is 45.9 Å². The first kappa shape index (κ1) is 70.8. The number of carboxylic acid groups (broad SMARTS) is 1. The number of fused-ring (bicyclic) bond motifs is 2. The van der Waals surface area contributed by atoms with Crippen LogP contribution in [0.4, 0.5) is 0 Å². The summed E-state index contributed by atoms with van der Waals surface area (Å²) in [5, 5.41) is 46.8. The van der Waals surface area contributed by atoms with Crippen molar-refractivity contribution in [3.63, 3.8) is 0 Å². The van der Waals surface area contributed by atoms with E-state index in [1.165, 1.54) is 26.0 Å². The number of aliphatic hydroxyl groups is 2. The number of thiophene rings is 1. The Bertz CT molecular complexity index is 3050. The molecule has 3 saturated heterocycles. The van der Waals surface area contributed by atoms with Gasteiger partial charge in [-0.3, -0.25) is 58.1 Å². The van der Waals surface area contributed by atoms with Gasteiger partial charge in [-0.25, -0.2) is 4.79 Å². The van der Waals surface area contributed by atoms with Crippen LogP contribution < -0.4 is 66.7 Å². The highest BCUT2D eigenvalue weighted by Crippen LogP contribution is 2.41. The van der Waals surface area contributed by atoms with E-state index in [1.54, 1.807) is 35.7 Å². The highest BCUT2D eigenvalue weighted by Gasteiger charge is 2.52. The second-order valence-corrected chi connectivity index (χ2v) is 25.0. The van der Waals surface area contributed by atoms with Gasteiger partial charge in [0.05, 0.1) is 25.3 Å². The van der Waals surface area contributed by atoms with Crippen LogP contribution in [0.2, 0.25) is 0 Å². The minimum atomic E-state index is -1.66. The minimum absolute atomic E-state index is 0.00000960. The standard InChI is InChI=1S/C59H89N19O13S/c60-37(14-5-19-67-57(61)62)48(82)72-38(15-6-20-68-58(63)64)52(86)75-22-8-18-43(75)54(88)77-30-35(80)26-44(77)50(84)70-28-47(81)71-40(27-36-13-9-23-92-36)49(83)74-41(31-79)53(87)76-29-34-12-2-1-10-32(34)24-46(76)55(89)78-42-17-4-3-11-33(42)25-45(78)51(85)73-39(56(90)91)16-7-21-69-59(65)66/h1-2,9-10,12-13,23,33,35,37-46,79-80H,3-8,11,14-22,24-31,60H2,(H,70,84)(H,71,81)(H,72,82)(H,73,85)(H,74,83)(H,90,91)(H4,61,62,67)(H4,63,64,68)(H4,65,66,69)/t33?,35-,37-,38?,39+,40+,41+,42?,43+,44+,45+,46-/m1/s1. The SMILES string of the molecule is NC(N)=NCCCC(NC(=O)[C@H](N)CCCN=C(N)N)C(=O)N1CCC[C@H]1C(=O)N1C[C@H](O)C[C@H]1C(=O)NCC(=O)N[C@@H](Cc1cccs1)C(=O)N[C@@H](CO)C(=O)N1Cc2ccccc2C[C@@H]1C(=O)N1C2CCCCC2C[C@H]1C(=O)N[C@@H](CCCN=C(N)N)C(=O)O. The molecule has 0 radical (unpaired) electrons. The smallest absolute Gasteiger partial charge is 0.326 e. The largest absolute Gasteiger partial charge is 0.480 e. The zero-order valence-corrected chi connectivity index (χ0v) is 52.3. The third kappa shape index (κ3) is 19.0. The van der Waals surface area contributed by atoms with Crippen molar-refractivity contribution >= 4 is 88.3 Å². The van der Waals surface area contributed by atoms with Gasteiger partial charge < -0.3 is 102 Å². The van der Waals surface area contributed by atoms with Crippen LogP contribution in [0.5, 0.6) is 0 Å². The molecule has 1 aromatic carbocycles. The lowest BCUT2D eigenvalue weighted by Crippen LogP contribution is -2.63. The first-order chi connectivity index (χ1) is 43.9. The number of guanidine groups is 3. The molecule has 5 aliphatic rings. The molecule has 22 N–H and O–H groups in total. The molecule has 2 aromatic rings. The highest BCUT2D eigenvalue weighted by atomic mass is 32.1. The number of nitrogens with two attached hydrogens (primary N) is 7. The van der Waals surface area contributed by atoms with Gasteiger partial charge >= 0.3 is 5.97 Å². The second kappa shape index (κ2) is 33.6. The van der Waals surface area contributed by atoms with Crippen molar-refractivity contribution in [2.24, 2.45) is 61.0 Å². The van der Waals surface area contributed by atoms with Crippen LogP contribution in [-0.2, 0) is 67.3 Å². The summed E-state index contributed by atoms with van der Waals surface area (Å²) in [6, 6.07) is -1.07. The lowest BCUT2D eigenvalue weighted by molar-refractivity contribution is -0.153. The number of likely N-dealkylation sites (tertiary alicyclic amines) is 3. The van der Waals surface area contributed by atoms with Crippen molar-refractivity contribution < 1.29 is 63.3 Å². The predicted molar refractivity (Wildman–Crippen MR) is 338 cm³/mol. The Labute approximate surface area is 536 Å². The monoisotopic (exact) mass is 1300 g/mol. The average molecular weight is 1300 g/mol. The summed E-state index contributed by atoms with van der Waals surface area (Å²) >= 11 is 1.27. The molecule has 504 valence electrons. The number of carbonyl (C=O) groups is 10. The highest BCUT2D eigenvalue weighted by molar-refractivity contribution is 7.09. The number of nitrogens with one attached hydrogen (secondary N) is 5. The van der Waals surface area contributed by atoms with Crippen LogP contribution in [0.25, 0.3) is 0 Å². The van der Waals surface area contributed by atoms with E-state index in [0.717, 1.165) is 29.7 Å². The Hall–Kier alpha value is -8.69. The van der Waals surface area contributed by atoms with Crippen LogP contribution >= 0.6 is 11.3 Å². The summed E-state index contributed by atoms with van der Waals surface area (Å²) in [5.41, 5.74) is 40.3. The van der Waals surface area contributed by atoms with Crippen molar-refractivity contribution in [1.29, 1.82) is 0 Å². The molecule has 12 atom stereocenters. The molecule has 32 nitrogen and oxygen atoms in total. The van der Waals surface area contributed by atoms with Crippen molar-refractivity contribution in [3.05, 3.63) is 57.8 Å². The Balaban J connectivity index is 1.02. The van der Waals surface area contributed by atoms with E-state index in [-0.39, 0.29) is 127 Å². The van der Waals surface area contributed by atoms with Gasteiger partial charge in [0.1, 0.15) is 48.3 Å². The molecule has 1 saturated carbocycles. The van der Waals surface area contributed by atoms with Crippen LogP contribution in [0.3, 0.4) is 0 Å². The van der Waals surface area contributed by atoms with Crippen molar-refractivity contribution in [2.45, 2.75) is 176 Å². The Morgan fingerprint density at radius 3 is 1.89 bits per heavy atom. The van der Waals surface area contributed by atoms with E-state index in [9.17, 15) is 58.5 Å². The van der Waals surface area contributed by atoms with Crippen LogP contribution in [0, 0.1) is 5.92 Å². The Morgan fingerprint density at radius 1 is 0.620 bits per heavy atom. The maximum Gasteiger partial charge on any atom is 0.326 e. The van der Waals surface area contributed by atoms with E-state index in [4.69, 9.17) is 40.1 Å². The molecule has 1 aromatic heterocycles. The fraction of sp³-hybridized carbons (Fsp3) is 0.610. The normalized spacial score (nSPS) is 22.4. The lowest BCUT2D eigenvalue weighted by Gasteiger charge is -2.42. The predicted octanol–water partition coefficient (Wildman–Crippen LogP) is -5.02. The maximum atomic E-state index is 15.3. The number of rotatable bonds is 30. The number of carbonyl (C=O) groups excluding carboxylic acids is 9. The zero-order chi connectivity index (χ0) is 66.8. The molecule has 5 heterocycles. The number of hydrogen-bond donors (Lipinski definition) is 15. The van der Waals surface area contributed by atoms with Gasteiger partial charge in [0.2, 0.25) is 53.2 Å². The summed E-state index contributed by atoms with van der Waals surface area (Å²) in [6.45, 7) is -1.46. The van der Waals surface area contributed by atoms with E-state index < -0.39 is 139 Å². The fourth-order valence-electron chi connectivity index (χ4n) is 12.9. The van der Waals surface area contributed by atoms with Crippen LogP contribution in [-0.4, -0.2) is 224 Å². The number of amides is 9. The van der Waals surface area contributed by atoms with Gasteiger partial charge in [-0.15, -0.1) is 11.3 Å². The van der Waals surface area contributed by atoms with E-state index >= 15 is 4.79 Å². The summed E-state index contributed by atoms with van der Waals surface area (Å²) in [7, 11) is 0. The molecule has 3 unspecified atom stereocenters. The quantitative estimate of drug-likeness (QED) is 0.0198. The number of β-amino-alcohol motifs (C(OH)–C–C–N with tert-alkyl or cyclic N) is 1. The van der Waals surface area contributed by atoms with Gasteiger partial charge in [0.15, 0.2) is 17.9 Å². The Kier molecular flexibility index (Phi) is 25.8. The third-order valence-electron chi connectivity index (χ3n) is 17.4. The molecular weight excluding hydrogens is 1210 g/mol. The average Bonchev–Trinajstić information content (AvgIpc) is 1.50. The zero-order valence-electron chi connectivity index (χ0n) is 51.4. The lowest BCUT2D eigenvalue weighted by atomic mass is 9.84. The molecule has 0 spiro atoms. The molecule has 0 bridgehead atoms. The minimum Gasteiger partial charge on any atom is -0.480 e. The number of hydrogen-bond acceptors (Lipinski definition) is 17. The number of carboxylic acids is 1. The maximum absolute atomic E-state index is 15.3. The van der Waals surface area contributed by atoms with Crippen molar-refractivity contribution in [3.8, 4) is 0 Å². The van der Waals surface area contributed by atoms with E-state index in [2.05, 4.69) is 41.6 Å². The van der Waals surface area contributed by atoms with Crippen molar-refractivity contribution in [1.82, 2.24) is 46.2 Å². The van der Waals surface area contributed by atoms with Gasteiger partial charge in [-0.2, -0.15) is 0 Å².